The third kappa shape index (κ3) is 2.66. The fraction of sp³-hybridized carbons (Fsp3) is 0.143. The zero-order chi connectivity index (χ0) is 13.1. The molecule has 18 heavy (non-hydrogen) atoms. The van der Waals surface area contributed by atoms with E-state index in [1.807, 2.05) is 19.9 Å². The first-order chi connectivity index (χ1) is 8.56. The van der Waals surface area contributed by atoms with E-state index in [4.69, 9.17) is 0 Å². The summed E-state index contributed by atoms with van der Waals surface area (Å²) >= 11 is 0. The van der Waals surface area contributed by atoms with Crippen molar-refractivity contribution in [2.45, 2.75) is 13.8 Å². The van der Waals surface area contributed by atoms with Crippen molar-refractivity contribution in [3.63, 3.8) is 0 Å². The van der Waals surface area contributed by atoms with Gasteiger partial charge in [-0.1, -0.05) is 6.07 Å². The Morgan fingerprint density at radius 1 is 1.22 bits per heavy atom. The number of hydrogen-bond acceptors (Lipinski definition) is 3. The number of phenolic OH excluding ortho intramolecular Hbond substituents is 1. The number of nitrogens with zero attached hydrogens (tertiary/aromatic N) is 1. The number of pyridine rings is 1. The number of carbonyl (C=O) groups is 1. The van der Waals surface area contributed by atoms with Gasteiger partial charge in [-0.3, -0.25) is 4.79 Å². The topological polar surface area (TPSA) is 62.2 Å². The Labute approximate surface area is 105 Å². The molecule has 1 heterocycles. The van der Waals surface area contributed by atoms with Crippen LogP contribution in [0.5, 0.6) is 5.75 Å². The summed E-state index contributed by atoms with van der Waals surface area (Å²) in [7, 11) is 0. The van der Waals surface area contributed by atoms with Crippen LogP contribution >= 0.6 is 0 Å². The van der Waals surface area contributed by atoms with Gasteiger partial charge in [-0.05, 0) is 49.7 Å². The molecule has 2 rings (SSSR count). The molecule has 1 amide bonds. The highest BCUT2D eigenvalue weighted by molar-refractivity contribution is 6.03. The minimum atomic E-state index is -0.257. The van der Waals surface area contributed by atoms with Crippen LogP contribution in [-0.2, 0) is 0 Å². The van der Waals surface area contributed by atoms with Crippen LogP contribution in [0.4, 0.5) is 5.69 Å². The molecule has 0 fully saturated rings. The van der Waals surface area contributed by atoms with Gasteiger partial charge in [-0.25, -0.2) is 4.98 Å². The molecule has 92 valence electrons. The van der Waals surface area contributed by atoms with Crippen LogP contribution in [0.3, 0.4) is 0 Å². The van der Waals surface area contributed by atoms with Crippen LogP contribution in [0.15, 0.2) is 36.4 Å². The van der Waals surface area contributed by atoms with Crippen LogP contribution in [0, 0.1) is 13.8 Å². The van der Waals surface area contributed by atoms with Gasteiger partial charge in [0.1, 0.15) is 11.4 Å². The molecule has 0 aliphatic rings. The molecule has 0 spiro atoms. The SMILES string of the molecule is Cc1cccc(C(=O)Nc2ccc(O)cc2C)n1. The van der Waals surface area contributed by atoms with Gasteiger partial charge in [0, 0.05) is 11.4 Å². The van der Waals surface area contributed by atoms with Gasteiger partial charge < -0.3 is 10.4 Å². The zero-order valence-corrected chi connectivity index (χ0v) is 10.3. The highest BCUT2D eigenvalue weighted by atomic mass is 16.3. The van der Waals surface area contributed by atoms with Crippen molar-refractivity contribution in [2.75, 3.05) is 5.32 Å². The van der Waals surface area contributed by atoms with Crippen molar-refractivity contribution in [2.24, 2.45) is 0 Å². The van der Waals surface area contributed by atoms with Gasteiger partial charge in [-0.15, -0.1) is 0 Å². The minimum absolute atomic E-state index is 0.180. The monoisotopic (exact) mass is 242 g/mol. The molecular formula is C14H14N2O2. The summed E-state index contributed by atoms with van der Waals surface area (Å²) in [5.74, 6) is -0.0772. The molecule has 2 aromatic rings. The van der Waals surface area contributed by atoms with Crippen molar-refractivity contribution in [3.8, 4) is 5.75 Å². The standard InChI is InChI=1S/C14H14N2O2/c1-9-8-11(17)6-7-12(9)16-14(18)13-5-3-4-10(2)15-13/h3-8,17H,1-2H3,(H,16,18). The molecular weight excluding hydrogens is 228 g/mol. The average Bonchev–Trinajstić information content (AvgIpc) is 2.32. The molecule has 0 saturated carbocycles. The fourth-order valence-corrected chi connectivity index (χ4v) is 1.64. The summed E-state index contributed by atoms with van der Waals surface area (Å²) in [6.07, 6.45) is 0. The number of amides is 1. The molecule has 0 atom stereocenters. The number of phenols is 1. The summed E-state index contributed by atoms with van der Waals surface area (Å²) in [4.78, 5) is 16.1. The lowest BCUT2D eigenvalue weighted by Crippen LogP contribution is -2.14. The second-order valence-electron chi connectivity index (χ2n) is 4.12. The van der Waals surface area contributed by atoms with Gasteiger partial charge in [0.15, 0.2) is 0 Å². The maximum atomic E-state index is 12.0. The maximum Gasteiger partial charge on any atom is 0.274 e. The first-order valence-electron chi connectivity index (χ1n) is 5.61. The van der Waals surface area contributed by atoms with E-state index in [9.17, 15) is 9.90 Å². The van der Waals surface area contributed by atoms with E-state index in [2.05, 4.69) is 10.3 Å². The third-order valence-corrected chi connectivity index (χ3v) is 2.58. The maximum absolute atomic E-state index is 12.0. The minimum Gasteiger partial charge on any atom is -0.508 e. The Morgan fingerprint density at radius 2 is 2.00 bits per heavy atom. The number of carbonyl (C=O) groups excluding carboxylic acids is 1. The van der Waals surface area contributed by atoms with Crippen LogP contribution in [0.25, 0.3) is 0 Å². The predicted molar refractivity (Wildman–Crippen MR) is 69.8 cm³/mol. The summed E-state index contributed by atoms with van der Waals surface area (Å²) in [5, 5.41) is 12.1. The molecule has 1 aromatic heterocycles. The van der Waals surface area contributed by atoms with Gasteiger partial charge in [-0.2, -0.15) is 0 Å². The Bertz CT molecular complexity index is 594. The number of aromatic nitrogens is 1. The molecule has 0 saturated heterocycles. The molecule has 1 aromatic carbocycles. The molecule has 0 unspecified atom stereocenters. The lowest BCUT2D eigenvalue weighted by atomic mass is 10.2. The molecule has 4 nitrogen and oxygen atoms in total. The molecule has 0 aliphatic heterocycles. The Kier molecular flexibility index (Phi) is 3.28. The van der Waals surface area contributed by atoms with Crippen LogP contribution in [0.1, 0.15) is 21.7 Å². The van der Waals surface area contributed by atoms with Gasteiger partial charge >= 0.3 is 0 Å². The number of nitrogens with one attached hydrogen (secondary N) is 1. The number of anilines is 1. The van der Waals surface area contributed by atoms with E-state index in [1.54, 1.807) is 24.3 Å². The summed E-state index contributed by atoms with van der Waals surface area (Å²) in [6, 6.07) is 10.1. The Balaban J connectivity index is 2.21. The summed E-state index contributed by atoms with van der Waals surface area (Å²) in [5.41, 5.74) is 2.64. The van der Waals surface area contributed by atoms with Crippen LogP contribution < -0.4 is 5.32 Å². The van der Waals surface area contributed by atoms with Crippen molar-refractivity contribution >= 4 is 11.6 Å². The molecule has 0 radical (unpaired) electrons. The highest BCUT2D eigenvalue weighted by Gasteiger charge is 2.09. The quantitative estimate of drug-likeness (QED) is 0.796. The summed E-state index contributed by atoms with van der Waals surface area (Å²) < 4.78 is 0. The summed E-state index contributed by atoms with van der Waals surface area (Å²) in [6.45, 7) is 3.65. The second-order valence-corrected chi connectivity index (χ2v) is 4.12. The second kappa shape index (κ2) is 4.87. The average molecular weight is 242 g/mol. The first kappa shape index (κ1) is 12.1. The third-order valence-electron chi connectivity index (χ3n) is 2.58. The van der Waals surface area contributed by atoms with E-state index < -0.39 is 0 Å². The Morgan fingerprint density at radius 3 is 2.67 bits per heavy atom. The first-order valence-corrected chi connectivity index (χ1v) is 5.61. The van der Waals surface area contributed by atoms with Gasteiger partial charge in [0.25, 0.3) is 5.91 Å². The van der Waals surface area contributed by atoms with Crippen molar-refractivity contribution in [1.82, 2.24) is 4.98 Å². The van der Waals surface area contributed by atoms with Crippen molar-refractivity contribution in [1.29, 1.82) is 0 Å². The van der Waals surface area contributed by atoms with Gasteiger partial charge in [0.2, 0.25) is 0 Å². The van der Waals surface area contributed by atoms with Crippen molar-refractivity contribution in [3.05, 3.63) is 53.3 Å². The van der Waals surface area contributed by atoms with Gasteiger partial charge in [0.05, 0.1) is 0 Å². The highest BCUT2D eigenvalue weighted by Crippen LogP contribution is 2.20. The normalized spacial score (nSPS) is 10.1. The lowest BCUT2D eigenvalue weighted by Gasteiger charge is -2.08. The number of rotatable bonds is 2. The largest absolute Gasteiger partial charge is 0.508 e. The molecule has 4 heteroatoms. The number of hydrogen-bond donors (Lipinski definition) is 2. The van der Waals surface area contributed by atoms with E-state index in [0.717, 1.165) is 11.3 Å². The molecule has 0 aliphatic carbocycles. The van der Waals surface area contributed by atoms with E-state index in [1.165, 1.54) is 6.07 Å². The van der Waals surface area contributed by atoms with E-state index in [-0.39, 0.29) is 11.7 Å². The number of benzene rings is 1. The lowest BCUT2D eigenvalue weighted by molar-refractivity contribution is 0.102. The Hall–Kier alpha value is -2.36. The predicted octanol–water partition coefficient (Wildman–Crippen LogP) is 2.66. The zero-order valence-electron chi connectivity index (χ0n) is 10.3. The van der Waals surface area contributed by atoms with E-state index >= 15 is 0 Å². The van der Waals surface area contributed by atoms with Crippen LogP contribution in [0.2, 0.25) is 0 Å². The van der Waals surface area contributed by atoms with Crippen LogP contribution in [-0.4, -0.2) is 16.0 Å². The molecule has 0 bridgehead atoms. The molecule has 2 N–H and O–H groups in total. The number of aromatic hydroxyl groups is 1. The number of aryl methyl sites for hydroxylation is 2. The smallest absolute Gasteiger partial charge is 0.274 e. The van der Waals surface area contributed by atoms with E-state index in [0.29, 0.717) is 11.4 Å². The fourth-order valence-electron chi connectivity index (χ4n) is 1.64. The van der Waals surface area contributed by atoms with Crippen molar-refractivity contribution < 1.29 is 9.90 Å².